The number of halogens is 1. The fourth-order valence-electron chi connectivity index (χ4n) is 1.03. The van der Waals surface area contributed by atoms with Crippen molar-refractivity contribution in [3.05, 3.63) is 28.8 Å². The van der Waals surface area contributed by atoms with Gasteiger partial charge in [0.15, 0.2) is 5.78 Å². The predicted molar refractivity (Wildman–Crippen MR) is 55.0 cm³/mol. The fourth-order valence-corrected chi connectivity index (χ4v) is 1.15. The van der Waals surface area contributed by atoms with Crippen LogP contribution in [0.15, 0.2) is 18.2 Å². The first-order valence-electron chi connectivity index (χ1n) is 4.11. The normalized spacial score (nSPS) is 10.5. The quantitative estimate of drug-likeness (QED) is 0.585. The van der Waals surface area contributed by atoms with Crippen LogP contribution in [0.2, 0.25) is 5.02 Å². The molecular weight excluding hydrogens is 186 g/mol. The summed E-state index contributed by atoms with van der Waals surface area (Å²) in [6.07, 6.45) is 0. The van der Waals surface area contributed by atoms with Crippen LogP contribution in [0.3, 0.4) is 0 Å². The van der Waals surface area contributed by atoms with Gasteiger partial charge in [-0.25, -0.2) is 0 Å². The average Bonchev–Trinajstić information content (AvgIpc) is 2.08. The zero-order chi connectivity index (χ0) is 10.0. The average molecular weight is 198 g/mol. The number of benzene rings is 1. The van der Waals surface area contributed by atoms with Crippen molar-refractivity contribution < 1.29 is 4.79 Å². The van der Waals surface area contributed by atoms with Gasteiger partial charge < -0.3 is 5.73 Å². The molecule has 0 amide bonds. The SMILES string of the molecule is CC(C)C(=O)c1ccc(Cl)c(N)c1. The highest BCUT2D eigenvalue weighted by Gasteiger charge is 2.10. The second-order valence-electron chi connectivity index (χ2n) is 3.26. The first-order valence-corrected chi connectivity index (χ1v) is 4.49. The predicted octanol–water partition coefficient (Wildman–Crippen LogP) is 2.76. The van der Waals surface area contributed by atoms with Gasteiger partial charge in [0.25, 0.3) is 0 Å². The van der Waals surface area contributed by atoms with E-state index in [1.807, 2.05) is 13.8 Å². The maximum Gasteiger partial charge on any atom is 0.165 e. The molecule has 0 saturated heterocycles. The van der Waals surface area contributed by atoms with E-state index in [2.05, 4.69) is 0 Å². The van der Waals surface area contributed by atoms with Crippen LogP contribution in [0.4, 0.5) is 5.69 Å². The molecule has 0 aliphatic rings. The van der Waals surface area contributed by atoms with Crippen molar-refractivity contribution in [2.24, 2.45) is 5.92 Å². The second kappa shape index (κ2) is 3.79. The van der Waals surface area contributed by atoms with Gasteiger partial charge in [0.05, 0.1) is 10.7 Å². The second-order valence-corrected chi connectivity index (χ2v) is 3.66. The number of ketones is 1. The Kier molecular flexibility index (Phi) is 2.94. The number of carbonyl (C=O) groups excluding carboxylic acids is 1. The number of carbonyl (C=O) groups is 1. The summed E-state index contributed by atoms with van der Waals surface area (Å²) >= 11 is 5.73. The minimum atomic E-state index is -0.0134. The Morgan fingerprint density at radius 2 is 2.08 bits per heavy atom. The van der Waals surface area contributed by atoms with Gasteiger partial charge in [-0.3, -0.25) is 4.79 Å². The largest absolute Gasteiger partial charge is 0.398 e. The molecule has 0 fully saturated rings. The summed E-state index contributed by atoms with van der Waals surface area (Å²) in [4.78, 5) is 11.5. The van der Waals surface area contributed by atoms with Crippen LogP contribution in [-0.2, 0) is 0 Å². The number of hydrogen-bond acceptors (Lipinski definition) is 2. The zero-order valence-electron chi connectivity index (χ0n) is 7.67. The van der Waals surface area contributed by atoms with E-state index in [1.54, 1.807) is 18.2 Å². The molecule has 0 bridgehead atoms. The Balaban J connectivity index is 3.04. The number of rotatable bonds is 2. The lowest BCUT2D eigenvalue weighted by Crippen LogP contribution is -2.07. The van der Waals surface area contributed by atoms with E-state index in [1.165, 1.54) is 0 Å². The van der Waals surface area contributed by atoms with Crippen molar-refractivity contribution in [3.63, 3.8) is 0 Å². The van der Waals surface area contributed by atoms with Crippen molar-refractivity contribution in [1.29, 1.82) is 0 Å². The maximum absolute atomic E-state index is 11.5. The summed E-state index contributed by atoms with van der Waals surface area (Å²) in [5.41, 5.74) is 6.65. The molecule has 0 aliphatic heterocycles. The van der Waals surface area contributed by atoms with Crippen LogP contribution in [0, 0.1) is 5.92 Å². The highest BCUT2D eigenvalue weighted by atomic mass is 35.5. The van der Waals surface area contributed by atoms with Crippen LogP contribution in [0.5, 0.6) is 0 Å². The minimum Gasteiger partial charge on any atom is -0.398 e. The molecule has 13 heavy (non-hydrogen) atoms. The lowest BCUT2D eigenvalue weighted by atomic mass is 10.0. The summed E-state index contributed by atoms with van der Waals surface area (Å²) < 4.78 is 0. The van der Waals surface area contributed by atoms with Crippen molar-refractivity contribution in [1.82, 2.24) is 0 Å². The van der Waals surface area contributed by atoms with E-state index in [0.717, 1.165) is 0 Å². The van der Waals surface area contributed by atoms with Crippen molar-refractivity contribution in [2.45, 2.75) is 13.8 Å². The highest BCUT2D eigenvalue weighted by molar-refractivity contribution is 6.33. The molecule has 0 saturated carbocycles. The van der Waals surface area contributed by atoms with Crippen LogP contribution in [0.25, 0.3) is 0 Å². The Morgan fingerprint density at radius 3 is 2.54 bits per heavy atom. The van der Waals surface area contributed by atoms with E-state index in [0.29, 0.717) is 16.3 Å². The van der Waals surface area contributed by atoms with Gasteiger partial charge in [0, 0.05) is 11.5 Å². The Morgan fingerprint density at radius 1 is 1.46 bits per heavy atom. The zero-order valence-corrected chi connectivity index (χ0v) is 8.43. The standard InChI is InChI=1S/C10H12ClNO/c1-6(2)10(13)7-3-4-8(11)9(12)5-7/h3-6H,12H2,1-2H3. The first-order chi connectivity index (χ1) is 6.02. The van der Waals surface area contributed by atoms with E-state index in [4.69, 9.17) is 17.3 Å². The molecule has 1 aromatic carbocycles. The smallest absolute Gasteiger partial charge is 0.165 e. The molecule has 0 aliphatic carbocycles. The highest BCUT2D eigenvalue weighted by Crippen LogP contribution is 2.20. The molecule has 0 spiro atoms. The first kappa shape index (κ1) is 10.1. The summed E-state index contributed by atoms with van der Waals surface area (Å²) in [5.74, 6) is 0.0731. The summed E-state index contributed by atoms with van der Waals surface area (Å²) in [6, 6.07) is 4.96. The third kappa shape index (κ3) is 2.22. The Hall–Kier alpha value is -1.02. The number of nitrogens with two attached hydrogens (primary N) is 1. The molecule has 0 unspecified atom stereocenters. The molecule has 2 N–H and O–H groups in total. The third-order valence-electron chi connectivity index (χ3n) is 1.80. The maximum atomic E-state index is 11.5. The van der Waals surface area contributed by atoms with E-state index < -0.39 is 0 Å². The minimum absolute atomic E-state index is 0.0134. The van der Waals surface area contributed by atoms with Gasteiger partial charge in [0.1, 0.15) is 0 Å². The van der Waals surface area contributed by atoms with Crippen molar-refractivity contribution in [3.8, 4) is 0 Å². The lowest BCUT2D eigenvalue weighted by Gasteiger charge is -2.05. The fraction of sp³-hybridized carbons (Fsp3) is 0.300. The van der Waals surface area contributed by atoms with Crippen molar-refractivity contribution in [2.75, 3.05) is 5.73 Å². The van der Waals surface area contributed by atoms with E-state index >= 15 is 0 Å². The number of hydrogen-bond donors (Lipinski definition) is 1. The van der Waals surface area contributed by atoms with Gasteiger partial charge in [-0.05, 0) is 18.2 Å². The Labute approximate surface area is 82.7 Å². The third-order valence-corrected chi connectivity index (χ3v) is 2.15. The molecule has 0 aromatic heterocycles. The van der Waals surface area contributed by atoms with E-state index in [-0.39, 0.29) is 11.7 Å². The molecular formula is C10H12ClNO. The van der Waals surface area contributed by atoms with Gasteiger partial charge in [-0.1, -0.05) is 25.4 Å². The topological polar surface area (TPSA) is 43.1 Å². The van der Waals surface area contributed by atoms with Gasteiger partial charge in [0.2, 0.25) is 0 Å². The molecule has 1 aromatic rings. The number of anilines is 1. The van der Waals surface area contributed by atoms with Gasteiger partial charge in [-0.15, -0.1) is 0 Å². The molecule has 0 heterocycles. The van der Waals surface area contributed by atoms with Crippen LogP contribution < -0.4 is 5.73 Å². The molecule has 3 heteroatoms. The van der Waals surface area contributed by atoms with Crippen molar-refractivity contribution >= 4 is 23.1 Å². The number of Topliss-reactive ketones (excluding diaryl/α,β-unsaturated/α-hetero) is 1. The molecule has 1 rings (SSSR count). The monoisotopic (exact) mass is 197 g/mol. The lowest BCUT2D eigenvalue weighted by molar-refractivity contribution is 0.0939. The molecule has 0 atom stereocenters. The molecule has 2 nitrogen and oxygen atoms in total. The number of nitrogen functional groups attached to an aromatic ring is 1. The summed E-state index contributed by atoms with van der Waals surface area (Å²) in [5, 5.41) is 0.486. The molecule has 0 radical (unpaired) electrons. The van der Waals surface area contributed by atoms with Crippen LogP contribution >= 0.6 is 11.6 Å². The Bertz CT molecular complexity index is 334. The molecule has 70 valence electrons. The van der Waals surface area contributed by atoms with E-state index in [9.17, 15) is 4.79 Å². The van der Waals surface area contributed by atoms with Gasteiger partial charge >= 0.3 is 0 Å². The summed E-state index contributed by atoms with van der Waals surface area (Å²) in [6.45, 7) is 3.71. The summed E-state index contributed by atoms with van der Waals surface area (Å²) in [7, 11) is 0. The van der Waals surface area contributed by atoms with Gasteiger partial charge in [-0.2, -0.15) is 0 Å². The van der Waals surface area contributed by atoms with Crippen LogP contribution in [0.1, 0.15) is 24.2 Å². The van der Waals surface area contributed by atoms with Crippen LogP contribution in [-0.4, -0.2) is 5.78 Å².